The largest absolute Gasteiger partial charge is 0.467 e. The molecule has 0 aromatic carbocycles. The van der Waals surface area contributed by atoms with Crippen molar-refractivity contribution in [3.63, 3.8) is 0 Å². The Morgan fingerprint density at radius 1 is 1.50 bits per heavy atom. The molecule has 0 bridgehead atoms. The number of hydrogen-bond acceptors (Lipinski definition) is 4. The first-order chi connectivity index (χ1) is 9.65. The second-order valence-corrected chi connectivity index (χ2v) is 6.77. The van der Waals surface area contributed by atoms with Crippen LogP contribution in [0.25, 0.3) is 0 Å². The van der Waals surface area contributed by atoms with E-state index in [1.165, 1.54) is 25.7 Å². The fourth-order valence-corrected chi connectivity index (χ4v) is 3.57. The van der Waals surface area contributed by atoms with Gasteiger partial charge in [-0.25, -0.2) is 0 Å². The number of amides is 1. The van der Waals surface area contributed by atoms with Gasteiger partial charge in [-0.2, -0.15) is 11.8 Å². The normalized spacial score (nSPS) is 18.9. The molecule has 1 aromatic rings. The zero-order valence-electron chi connectivity index (χ0n) is 12.3. The second-order valence-electron chi connectivity index (χ2n) is 5.49. The molecular weight excluding hydrogens is 272 g/mol. The lowest BCUT2D eigenvalue weighted by atomic mass is 10.1. The fourth-order valence-electron chi connectivity index (χ4n) is 2.64. The summed E-state index contributed by atoms with van der Waals surface area (Å²) in [5, 5.41) is 6.27. The molecule has 1 aliphatic rings. The summed E-state index contributed by atoms with van der Waals surface area (Å²) in [6, 6.07) is 3.51. The third-order valence-corrected chi connectivity index (χ3v) is 5.51. The van der Waals surface area contributed by atoms with Crippen LogP contribution in [0.4, 0.5) is 0 Å². The van der Waals surface area contributed by atoms with Gasteiger partial charge >= 0.3 is 0 Å². The minimum atomic E-state index is -0.172. The average Bonchev–Trinajstić information content (AvgIpc) is 3.14. The third kappa shape index (κ3) is 4.03. The molecule has 0 saturated heterocycles. The summed E-state index contributed by atoms with van der Waals surface area (Å²) in [4.78, 5) is 12.0. The molecule has 1 unspecified atom stereocenters. The fraction of sp³-hybridized carbons (Fsp3) is 0.667. The molecule has 1 atom stereocenters. The molecule has 1 fully saturated rings. The van der Waals surface area contributed by atoms with Crippen molar-refractivity contribution in [3.05, 3.63) is 24.2 Å². The molecule has 112 valence electrons. The van der Waals surface area contributed by atoms with Gasteiger partial charge in [0, 0.05) is 11.3 Å². The highest BCUT2D eigenvalue weighted by Gasteiger charge is 2.33. The van der Waals surface area contributed by atoms with Crippen LogP contribution in [0.3, 0.4) is 0 Å². The average molecular weight is 296 g/mol. The van der Waals surface area contributed by atoms with Gasteiger partial charge < -0.3 is 15.1 Å². The van der Waals surface area contributed by atoms with Gasteiger partial charge in [0.1, 0.15) is 5.76 Å². The van der Waals surface area contributed by atoms with Gasteiger partial charge in [-0.05, 0) is 38.2 Å². The maximum atomic E-state index is 12.0. The van der Waals surface area contributed by atoms with E-state index in [0.717, 1.165) is 12.3 Å². The predicted octanol–water partition coefficient (Wildman–Crippen LogP) is 2.55. The first-order valence-corrected chi connectivity index (χ1v) is 8.46. The summed E-state index contributed by atoms with van der Waals surface area (Å²) >= 11 is 1.94. The van der Waals surface area contributed by atoms with E-state index in [0.29, 0.717) is 11.3 Å². The first-order valence-electron chi connectivity index (χ1n) is 7.24. The highest BCUT2D eigenvalue weighted by atomic mass is 32.2. The Morgan fingerprint density at radius 3 is 2.85 bits per heavy atom. The molecule has 1 amide bonds. The van der Waals surface area contributed by atoms with Crippen molar-refractivity contribution in [2.45, 2.75) is 49.9 Å². The van der Waals surface area contributed by atoms with Crippen molar-refractivity contribution >= 4 is 17.7 Å². The standard InChI is InChI=1S/C15H24N2O2S/c1-12(14(18)16-10-13-6-5-9-19-13)17-11-15(20-2)7-3-4-8-15/h5-6,9,12,17H,3-4,7-8,10-11H2,1-2H3,(H,16,18). The van der Waals surface area contributed by atoms with Crippen LogP contribution >= 0.6 is 11.8 Å². The Morgan fingerprint density at radius 2 is 2.25 bits per heavy atom. The van der Waals surface area contributed by atoms with Gasteiger partial charge in [0.25, 0.3) is 0 Å². The number of hydrogen-bond donors (Lipinski definition) is 2. The molecule has 1 aromatic heterocycles. The summed E-state index contributed by atoms with van der Waals surface area (Å²) in [5.74, 6) is 0.803. The topological polar surface area (TPSA) is 54.3 Å². The number of carbonyl (C=O) groups excluding carboxylic acids is 1. The molecule has 5 heteroatoms. The highest BCUT2D eigenvalue weighted by molar-refractivity contribution is 8.00. The number of nitrogens with one attached hydrogen (secondary N) is 2. The van der Waals surface area contributed by atoms with E-state index in [9.17, 15) is 4.79 Å². The van der Waals surface area contributed by atoms with Crippen LogP contribution in [0.15, 0.2) is 22.8 Å². The van der Waals surface area contributed by atoms with Crippen molar-refractivity contribution in [3.8, 4) is 0 Å². The van der Waals surface area contributed by atoms with Crippen LogP contribution in [-0.4, -0.2) is 29.5 Å². The van der Waals surface area contributed by atoms with E-state index < -0.39 is 0 Å². The Kier molecular flexibility index (Phi) is 5.54. The Bertz CT molecular complexity index is 414. The number of furan rings is 1. The third-order valence-electron chi connectivity index (χ3n) is 4.09. The summed E-state index contributed by atoms with van der Waals surface area (Å²) in [6.45, 7) is 3.27. The zero-order chi connectivity index (χ0) is 14.4. The molecular formula is C15H24N2O2S. The maximum absolute atomic E-state index is 12.0. The van der Waals surface area contributed by atoms with E-state index in [2.05, 4.69) is 16.9 Å². The van der Waals surface area contributed by atoms with Crippen LogP contribution in [0.5, 0.6) is 0 Å². The van der Waals surface area contributed by atoms with Crippen LogP contribution < -0.4 is 10.6 Å². The summed E-state index contributed by atoms with van der Waals surface area (Å²) < 4.78 is 5.53. The lowest BCUT2D eigenvalue weighted by Crippen LogP contribution is -2.46. The van der Waals surface area contributed by atoms with Gasteiger partial charge in [-0.3, -0.25) is 4.79 Å². The number of carbonyl (C=O) groups is 1. The lowest BCUT2D eigenvalue weighted by Gasteiger charge is -2.28. The van der Waals surface area contributed by atoms with Crippen LogP contribution in [-0.2, 0) is 11.3 Å². The van der Waals surface area contributed by atoms with Gasteiger partial charge in [0.2, 0.25) is 5.91 Å². The Balaban J connectivity index is 1.73. The van der Waals surface area contributed by atoms with E-state index in [4.69, 9.17) is 4.42 Å². The molecule has 1 aliphatic carbocycles. The smallest absolute Gasteiger partial charge is 0.237 e. The molecule has 0 aliphatic heterocycles. The minimum Gasteiger partial charge on any atom is -0.467 e. The summed E-state index contributed by atoms with van der Waals surface area (Å²) in [6.07, 6.45) is 8.91. The van der Waals surface area contributed by atoms with Crippen molar-refractivity contribution in [2.75, 3.05) is 12.8 Å². The van der Waals surface area contributed by atoms with E-state index >= 15 is 0 Å². The molecule has 1 heterocycles. The molecule has 0 radical (unpaired) electrons. The van der Waals surface area contributed by atoms with Crippen molar-refractivity contribution in [1.82, 2.24) is 10.6 Å². The molecule has 2 rings (SSSR count). The first kappa shape index (κ1) is 15.4. The van der Waals surface area contributed by atoms with E-state index in [-0.39, 0.29) is 11.9 Å². The lowest BCUT2D eigenvalue weighted by molar-refractivity contribution is -0.123. The van der Waals surface area contributed by atoms with Crippen LogP contribution in [0, 0.1) is 0 Å². The van der Waals surface area contributed by atoms with Gasteiger partial charge in [-0.15, -0.1) is 0 Å². The molecule has 1 saturated carbocycles. The SMILES string of the molecule is CSC1(CNC(C)C(=O)NCc2ccco2)CCCC1. The molecule has 20 heavy (non-hydrogen) atoms. The van der Waals surface area contributed by atoms with Gasteiger partial charge in [0.15, 0.2) is 0 Å². The summed E-state index contributed by atoms with van der Waals surface area (Å²) in [7, 11) is 0. The van der Waals surface area contributed by atoms with Gasteiger partial charge in [-0.1, -0.05) is 12.8 Å². The van der Waals surface area contributed by atoms with E-state index in [1.807, 2.05) is 30.8 Å². The van der Waals surface area contributed by atoms with Crippen LogP contribution in [0.2, 0.25) is 0 Å². The zero-order valence-corrected chi connectivity index (χ0v) is 13.1. The molecule has 2 N–H and O–H groups in total. The maximum Gasteiger partial charge on any atom is 0.237 e. The predicted molar refractivity (Wildman–Crippen MR) is 82.7 cm³/mol. The summed E-state index contributed by atoms with van der Waals surface area (Å²) in [5.41, 5.74) is 0. The molecule has 0 spiro atoms. The monoisotopic (exact) mass is 296 g/mol. The van der Waals surface area contributed by atoms with Crippen molar-refractivity contribution in [2.24, 2.45) is 0 Å². The highest BCUT2D eigenvalue weighted by Crippen LogP contribution is 2.39. The quantitative estimate of drug-likeness (QED) is 0.812. The van der Waals surface area contributed by atoms with E-state index in [1.54, 1.807) is 6.26 Å². The minimum absolute atomic E-state index is 0.0237. The number of rotatable bonds is 7. The van der Waals surface area contributed by atoms with Crippen molar-refractivity contribution < 1.29 is 9.21 Å². The number of thioether (sulfide) groups is 1. The second kappa shape index (κ2) is 7.18. The van der Waals surface area contributed by atoms with Gasteiger partial charge in [0.05, 0.1) is 18.8 Å². The Labute approximate surface area is 125 Å². The van der Waals surface area contributed by atoms with Crippen LogP contribution in [0.1, 0.15) is 38.4 Å². The Hall–Kier alpha value is -0.940. The molecule has 4 nitrogen and oxygen atoms in total. The van der Waals surface area contributed by atoms with Crippen molar-refractivity contribution in [1.29, 1.82) is 0 Å².